The Morgan fingerprint density at radius 1 is 0.973 bits per heavy atom. The molecule has 0 saturated heterocycles. The van der Waals surface area contributed by atoms with Crippen molar-refractivity contribution in [3.63, 3.8) is 0 Å². The molecule has 1 unspecified atom stereocenters. The molecule has 182 valence electrons. The molecule has 37 heavy (non-hydrogen) atoms. The molecule has 6 rings (SSSR count). The van der Waals surface area contributed by atoms with Gasteiger partial charge in [0.05, 0.1) is 23.6 Å². The lowest BCUT2D eigenvalue weighted by Crippen LogP contribution is -2.27. The van der Waals surface area contributed by atoms with Crippen molar-refractivity contribution in [2.45, 2.75) is 6.04 Å². The van der Waals surface area contributed by atoms with Crippen molar-refractivity contribution in [3.8, 4) is 22.3 Å². The molecular weight excluding hydrogens is 464 g/mol. The van der Waals surface area contributed by atoms with Gasteiger partial charge in [-0.15, -0.1) is 0 Å². The number of benzene rings is 1. The summed E-state index contributed by atoms with van der Waals surface area (Å²) in [5.41, 5.74) is 8.24. The van der Waals surface area contributed by atoms with Crippen LogP contribution >= 0.6 is 0 Å². The van der Waals surface area contributed by atoms with Crippen LogP contribution in [-0.2, 0) is 0 Å². The van der Waals surface area contributed by atoms with Gasteiger partial charge in [-0.25, -0.2) is 9.78 Å². The SMILES string of the molecule is CN(C)C(=O)Nc1cncc(-c2cnc3n[nH]c(C4C=Cc5c(cccc5-c5cccnc5)N4)c3c2)c1. The van der Waals surface area contributed by atoms with Gasteiger partial charge in [0.1, 0.15) is 0 Å². The van der Waals surface area contributed by atoms with E-state index in [-0.39, 0.29) is 12.1 Å². The van der Waals surface area contributed by atoms with Gasteiger partial charge in [0.25, 0.3) is 0 Å². The minimum atomic E-state index is -0.216. The fraction of sp³-hybridized carbons (Fsp3) is 0.107. The number of aromatic nitrogens is 5. The highest BCUT2D eigenvalue weighted by Gasteiger charge is 2.21. The molecule has 1 aliphatic rings. The zero-order valence-electron chi connectivity index (χ0n) is 20.3. The van der Waals surface area contributed by atoms with Gasteiger partial charge in [0.2, 0.25) is 0 Å². The molecule has 1 aliphatic heterocycles. The van der Waals surface area contributed by atoms with Gasteiger partial charge >= 0.3 is 6.03 Å². The fourth-order valence-electron chi connectivity index (χ4n) is 4.44. The Balaban J connectivity index is 1.33. The molecule has 1 aromatic carbocycles. The maximum absolute atomic E-state index is 12.1. The highest BCUT2D eigenvalue weighted by atomic mass is 16.2. The molecule has 5 aromatic rings. The molecular formula is C28H24N8O. The van der Waals surface area contributed by atoms with Gasteiger partial charge in [-0.05, 0) is 29.8 Å². The predicted molar refractivity (Wildman–Crippen MR) is 145 cm³/mol. The molecule has 0 spiro atoms. The third-order valence-corrected chi connectivity index (χ3v) is 6.32. The molecule has 3 N–H and O–H groups in total. The summed E-state index contributed by atoms with van der Waals surface area (Å²) in [6.45, 7) is 0. The number of hydrogen-bond acceptors (Lipinski definition) is 6. The summed E-state index contributed by atoms with van der Waals surface area (Å²) >= 11 is 0. The number of carbonyl (C=O) groups excluding carboxylic acids is 1. The number of aromatic amines is 1. The van der Waals surface area contributed by atoms with Gasteiger partial charge in [-0.2, -0.15) is 5.10 Å². The number of amides is 2. The molecule has 0 radical (unpaired) electrons. The predicted octanol–water partition coefficient (Wildman–Crippen LogP) is 5.36. The largest absolute Gasteiger partial charge is 0.373 e. The van der Waals surface area contributed by atoms with Crippen molar-refractivity contribution in [2.24, 2.45) is 0 Å². The van der Waals surface area contributed by atoms with E-state index in [2.05, 4.69) is 66.1 Å². The van der Waals surface area contributed by atoms with Crippen LogP contribution in [0.2, 0.25) is 0 Å². The third kappa shape index (κ3) is 4.27. The van der Waals surface area contributed by atoms with Crippen LogP contribution in [0.4, 0.5) is 16.2 Å². The smallest absolute Gasteiger partial charge is 0.321 e. The molecule has 1 atom stereocenters. The van der Waals surface area contributed by atoms with Gasteiger partial charge in [0, 0.05) is 72.2 Å². The lowest BCUT2D eigenvalue weighted by atomic mass is 9.94. The molecule has 0 fully saturated rings. The van der Waals surface area contributed by atoms with E-state index >= 15 is 0 Å². The van der Waals surface area contributed by atoms with Crippen LogP contribution in [0.5, 0.6) is 0 Å². The average molecular weight is 489 g/mol. The maximum atomic E-state index is 12.1. The summed E-state index contributed by atoms with van der Waals surface area (Å²) < 4.78 is 0. The second-order valence-corrected chi connectivity index (χ2v) is 9.01. The third-order valence-electron chi connectivity index (χ3n) is 6.32. The minimum Gasteiger partial charge on any atom is -0.373 e. The summed E-state index contributed by atoms with van der Waals surface area (Å²) in [5, 5.41) is 15.0. The molecule has 9 nitrogen and oxygen atoms in total. The highest BCUT2D eigenvalue weighted by Crippen LogP contribution is 2.37. The number of nitrogens with zero attached hydrogens (tertiary/aromatic N) is 5. The standard InChI is InChI=1S/C28H24N8O/c1-36(2)28(37)32-20-11-18(14-30-16-20)19-12-23-26(34-35-27(23)31-15-19)25-9-8-22-21(6-3-7-24(22)33-25)17-5-4-10-29-13-17/h3-16,25,33H,1-2H3,(H,32,37)(H,31,34,35). The number of urea groups is 1. The summed E-state index contributed by atoms with van der Waals surface area (Å²) in [6.07, 6.45) is 13.1. The Morgan fingerprint density at radius 2 is 1.84 bits per heavy atom. The Hall–Kier alpha value is -5.05. The zero-order chi connectivity index (χ0) is 25.4. The maximum Gasteiger partial charge on any atom is 0.321 e. The van der Waals surface area contributed by atoms with Crippen molar-refractivity contribution in [1.29, 1.82) is 0 Å². The number of carbonyl (C=O) groups is 1. The van der Waals surface area contributed by atoms with Crippen LogP contribution in [0, 0.1) is 0 Å². The Labute approximate surface area is 213 Å². The van der Waals surface area contributed by atoms with Gasteiger partial charge < -0.3 is 15.5 Å². The molecule has 0 saturated carbocycles. The molecule has 9 heteroatoms. The second kappa shape index (κ2) is 9.19. The number of nitrogens with one attached hydrogen (secondary N) is 3. The van der Waals surface area contributed by atoms with Crippen molar-refractivity contribution >= 4 is 34.5 Å². The van der Waals surface area contributed by atoms with E-state index < -0.39 is 0 Å². The van der Waals surface area contributed by atoms with E-state index in [0.717, 1.165) is 44.6 Å². The van der Waals surface area contributed by atoms with E-state index in [9.17, 15) is 4.79 Å². The van der Waals surface area contributed by atoms with Crippen LogP contribution in [0.1, 0.15) is 17.3 Å². The van der Waals surface area contributed by atoms with Gasteiger partial charge in [-0.1, -0.05) is 30.4 Å². The summed E-state index contributed by atoms with van der Waals surface area (Å²) in [7, 11) is 3.38. The summed E-state index contributed by atoms with van der Waals surface area (Å²) in [5.74, 6) is 0. The summed E-state index contributed by atoms with van der Waals surface area (Å²) in [4.78, 5) is 26.7. The first-order chi connectivity index (χ1) is 18.1. The number of anilines is 2. The first-order valence-electron chi connectivity index (χ1n) is 11.8. The van der Waals surface area contributed by atoms with Gasteiger partial charge in [0.15, 0.2) is 5.65 Å². The van der Waals surface area contributed by atoms with Crippen LogP contribution < -0.4 is 10.6 Å². The Morgan fingerprint density at radius 3 is 2.68 bits per heavy atom. The zero-order valence-corrected chi connectivity index (χ0v) is 20.3. The average Bonchev–Trinajstić information content (AvgIpc) is 3.36. The van der Waals surface area contributed by atoms with Crippen molar-refractivity contribution in [3.05, 3.63) is 90.8 Å². The second-order valence-electron chi connectivity index (χ2n) is 9.01. The topological polar surface area (TPSA) is 112 Å². The van der Waals surface area contributed by atoms with E-state index in [0.29, 0.717) is 11.3 Å². The normalized spacial score (nSPS) is 14.2. The molecule has 2 amide bonds. The lowest BCUT2D eigenvalue weighted by molar-refractivity contribution is 0.230. The first kappa shape index (κ1) is 22.4. The van der Waals surface area contributed by atoms with E-state index in [1.54, 1.807) is 38.9 Å². The number of pyridine rings is 3. The van der Waals surface area contributed by atoms with E-state index in [1.165, 1.54) is 4.90 Å². The van der Waals surface area contributed by atoms with Crippen molar-refractivity contribution < 1.29 is 4.79 Å². The quantitative estimate of drug-likeness (QED) is 0.314. The Kier molecular flexibility index (Phi) is 5.57. The number of rotatable bonds is 4. The lowest BCUT2D eigenvalue weighted by Gasteiger charge is -2.23. The van der Waals surface area contributed by atoms with Gasteiger partial charge in [-0.3, -0.25) is 15.1 Å². The number of hydrogen-bond donors (Lipinski definition) is 3. The minimum absolute atomic E-state index is 0.109. The Bertz CT molecular complexity index is 1640. The van der Waals surface area contributed by atoms with Crippen LogP contribution in [0.3, 0.4) is 0 Å². The molecule has 4 aromatic heterocycles. The first-order valence-corrected chi connectivity index (χ1v) is 11.8. The van der Waals surface area contributed by atoms with Crippen molar-refractivity contribution in [2.75, 3.05) is 24.7 Å². The van der Waals surface area contributed by atoms with Crippen LogP contribution in [0.25, 0.3) is 39.4 Å². The molecule has 0 aliphatic carbocycles. The number of fused-ring (bicyclic) bond motifs is 2. The molecule has 0 bridgehead atoms. The van der Waals surface area contributed by atoms with E-state index in [1.807, 2.05) is 30.5 Å². The summed E-state index contributed by atoms with van der Waals surface area (Å²) in [6, 6.07) is 13.8. The fourth-order valence-corrected chi connectivity index (χ4v) is 4.44. The van der Waals surface area contributed by atoms with Crippen LogP contribution in [-0.4, -0.2) is 50.2 Å². The molecule has 5 heterocycles. The monoisotopic (exact) mass is 488 g/mol. The van der Waals surface area contributed by atoms with Crippen molar-refractivity contribution in [1.82, 2.24) is 30.0 Å². The van der Waals surface area contributed by atoms with Crippen LogP contribution in [0.15, 0.2) is 79.5 Å². The number of H-pyrrole nitrogens is 1. The van der Waals surface area contributed by atoms with E-state index in [4.69, 9.17) is 0 Å². The highest BCUT2D eigenvalue weighted by molar-refractivity contribution is 5.91.